The zero-order valence-electron chi connectivity index (χ0n) is 18.0. The molecule has 0 spiro atoms. The SMILES string of the molecule is COc1ccc(OC)c(-c2cc(-c3cc(OC)c(OC)c(OC)c3)c(C#N)c(N)n2)c1. The maximum atomic E-state index is 9.76. The van der Waals surface area contributed by atoms with Crippen LogP contribution in [0.5, 0.6) is 28.7 Å². The summed E-state index contributed by atoms with van der Waals surface area (Å²) in [6, 6.07) is 12.8. The number of pyridine rings is 1. The average molecular weight is 421 g/mol. The Bertz CT molecular complexity index is 1130. The van der Waals surface area contributed by atoms with Gasteiger partial charge in [0, 0.05) is 11.1 Å². The highest BCUT2D eigenvalue weighted by atomic mass is 16.5. The van der Waals surface area contributed by atoms with E-state index >= 15 is 0 Å². The standard InChI is InChI=1S/C23H23N3O5/c1-27-14-6-7-19(28-2)16(10-14)18-11-15(17(12-24)23(25)26-18)13-8-20(29-3)22(31-5)21(9-13)30-4/h6-11H,1-5H3,(H2,25,26). The van der Waals surface area contributed by atoms with E-state index in [2.05, 4.69) is 11.1 Å². The first-order valence-corrected chi connectivity index (χ1v) is 9.24. The third-order valence-corrected chi connectivity index (χ3v) is 4.82. The van der Waals surface area contributed by atoms with Crippen molar-refractivity contribution in [2.24, 2.45) is 0 Å². The molecule has 8 heteroatoms. The molecule has 0 fully saturated rings. The molecule has 8 nitrogen and oxygen atoms in total. The van der Waals surface area contributed by atoms with Crippen molar-refractivity contribution < 1.29 is 23.7 Å². The lowest BCUT2D eigenvalue weighted by molar-refractivity contribution is 0.324. The van der Waals surface area contributed by atoms with Gasteiger partial charge in [0.2, 0.25) is 5.75 Å². The predicted octanol–water partition coefficient (Wildman–Crippen LogP) is 3.91. The number of hydrogen-bond donors (Lipinski definition) is 1. The second-order valence-corrected chi connectivity index (χ2v) is 6.41. The largest absolute Gasteiger partial charge is 0.497 e. The van der Waals surface area contributed by atoms with Gasteiger partial charge in [0.05, 0.1) is 41.2 Å². The van der Waals surface area contributed by atoms with Crippen LogP contribution in [0.1, 0.15) is 5.56 Å². The van der Waals surface area contributed by atoms with Crippen molar-refractivity contribution in [1.29, 1.82) is 5.26 Å². The molecule has 0 saturated heterocycles. The molecule has 2 aromatic carbocycles. The topological polar surface area (TPSA) is 109 Å². The first-order valence-electron chi connectivity index (χ1n) is 9.24. The number of aromatic nitrogens is 1. The molecule has 3 aromatic rings. The van der Waals surface area contributed by atoms with Gasteiger partial charge >= 0.3 is 0 Å². The van der Waals surface area contributed by atoms with Gasteiger partial charge < -0.3 is 29.4 Å². The van der Waals surface area contributed by atoms with Crippen LogP contribution in [0.4, 0.5) is 5.82 Å². The van der Waals surface area contributed by atoms with Gasteiger partial charge in [-0.2, -0.15) is 5.26 Å². The van der Waals surface area contributed by atoms with E-state index in [0.717, 1.165) is 0 Å². The lowest BCUT2D eigenvalue weighted by atomic mass is 9.97. The van der Waals surface area contributed by atoms with Crippen molar-refractivity contribution >= 4 is 5.82 Å². The highest BCUT2D eigenvalue weighted by Crippen LogP contribution is 2.43. The molecular formula is C23H23N3O5. The Morgan fingerprint density at radius 1 is 0.774 bits per heavy atom. The summed E-state index contributed by atoms with van der Waals surface area (Å²) in [6.07, 6.45) is 0. The Labute approximate surface area is 180 Å². The molecule has 2 N–H and O–H groups in total. The van der Waals surface area contributed by atoms with Crippen molar-refractivity contribution in [2.75, 3.05) is 41.3 Å². The van der Waals surface area contributed by atoms with Crippen LogP contribution < -0.4 is 29.4 Å². The molecule has 0 bridgehead atoms. The molecular weight excluding hydrogens is 398 g/mol. The van der Waals surface area contributed by atoms with Gasteiger partial charge in [-0.15, -0.1) is 0 Å². The minimum atomic E-state index is 0.0913. The lowest BCUT2D eigenvalue weighted by Crippen LogP contribution is -2.02. The number of nitrogens with zero attached hydrogens (tertiary/aromatic N) is 2. The van der Waals surface area contributed by atoms with Gasteiger partial charge in [-0.05, 0) is 42.0 Å². The molecule has 3 rings (SSSR count). The molecule has 31 heavy (non-hydrogen) atoms. The number of nitriles is 1. The van der Waals surface area contributed by atoms with Crippen LogP contribution in [-0.2, 0) is 0 Å². The predicted molar refractivity (Wildman–Crippen MR) is 117 cm³/mol. The van der Waals surface area contributed by atoms with Crippen LogP contribution in [0.2, 0.25) is 0 Å². The Hall–Kier alpha value is -4.12. The van der Waals surface area contributed by atoms with Crippen LogP contribution in [0, 0.1) is 11.3 Å². The van der Waals surface area contributed by atoms with E-state index in [1.165, 1.54) is 21.3 Å². The summed E-state index contributed by atoms with van der Waals surface area (Å²) in [5.74, 6) is 2.67. The molecule has 0 aliphatic carbocycles. The summed E-state index contributed by atoms with van der Waals surface area (Å²) in [4.78, 5) is 4.44. The summed E-state index contributed by atoms with van der Waals surface area (Å²) in [6.45, 7) is 0. The smallest absolute Gasteiger partial charge is 0.203 e. The highest BCUT2D eigenvalue weighted by molar-refractivity contribution is 5.83. The van der Waals surface area contributed by atoms with E-state index in [1.807, 2.05) is 0 Å². The molecule has 0 aliphatic heterocycles. The van der Waals surface area contributed by atoms with Crippen molar-refractivity contribution in [3.63, 3.8) is 0 Å². The van der Waals surface area contributed by atoms with E-state index < -0.39 is 0 Å². The number of nitrogen functional groups attached to an aromatic ring is 1. The lowest BCUT2D eigenvalue weighted by Gasteiger charge is -2.16. The number of methoxy groups -OCH3 is 5. The zero-order valence-corrected chi connectivity index (χ0v) is 18.0. The first kappa shape index (κ1) is 21.6. The molecule has 1 aromatic heterocycles. The molecule has 0 unspecified atom stereocenters. The summed E-state index contributed by atoms with van der Waals surface area (Å²) in [5, 5.41) is 9.76. The molecule has 0 amide bonds. The van der Waals surface area contributed by atoms with Gasteiger partial charge in [-0.3, -0.25) is 0 Å². The summed E-state index contributed by atoms with van der Waals surface area (Å²) < 4.78 is 27.1. The van der Waals surface area contributed by atoms with Gasteiger partial charge in [0.1, 0.15) is 28.9 Å². The summed E-state index contributed by atoms with van der Waals surface area (Å²) in [7, 11) is 7.73. The number of anilines is 1. The molecule has 0 aliphatic rings. The first-order chi connectivity index (χ1) is 15.0. The fourth-order valence-electron chi connectivity index (χ4n) is 3.30. The van der Waals surface area contributed by atoms with Crippen molar-refractivity contribution in [3.8, 4) is 57.2 Å². The number of benzene rings is 2. The van der Waals surface area contributed by atoms with Crippen LogP contribution in [0.3, 0.4) is 0 Å². The van der Waals surface area contributed by atoms with E-state index in [-0.39, 0.29) is 11.4 Å². The van der Waals surface area contributed by atoms with E-state index in [9.17, 15) is 5.26 Å². The van der Waals surface area contributed by atoms with Crippen LogP contribution >= 0.6 is 0 Å². The van der Waals surface area contributed by atoms with Gasteiger partial charge in [-0.25, -0.2) is 4.98 Å². The zero-order chi connectivity index (χ0) is 22.5. The van der Waals surface area contributed by atoms with E-state index in [0.29, 0.717) is 51.1 Å². The quantitative estimate of drug-likeness (QED) is 0.612. The highest BCUT2D eigenvalue weighted by Gasteiger charge is 2.20. The number of hydrogen-bond acceptors (Lipinski definition) is 8. The molecule has 160 valence electrons. The van der Waals surface area contributed by atoms with Gasteiger partial charge in [0.25, 0.3) is 0 Å². The number of nitrogens with two attached hydrogens (primary N) is 1. The van der Waals surface area contributed by atoms with Crippen molar-refractivity contribution in [3.05, 3.63) is 42.0 Å². The van der Waals surface area contributed by atoms with Crippen LogP contribution in [0.15, 0.2) is 36.4 Å². The minimum Gasteiger partial charge on any atom is -0.497 e. The van der Waals surface area contributed by atoms with Gasteiger partial charge in [-0.1, -0.05) is 0 Å². The fraction of sp³-hybridized carbons (Fsp3) is 0.217. The molecule has 1 heterocycles. The van der Waals surface area contributed by atoms with Crippen molar-refractivity contribution in [2.45, 2.75) is 0 Å². The number of ether oxygens (including phenoxy) is 5. The normalized spacial score (nSPS) is 10.2. The Balaban J connectivity index is 2.31. The Morgan fingerprint density at radius 2 is 1.42 bits per heavy atom. The third-order valence-electron chi connectivity index (χ3n) is 4.82. The average Bonchev–Trinajstić information content (AvgIpc) is 2.81. The maximum Gasteiger partial charge on any atom is 0.203 e. The van der Waals surface area contributed by atoms with Gasteiger partial charge in [0.15, 0.2) is 11.5 Å². The van der Waals surface area contributed by atoms with Crippen molar-refractivity contribution in [1.82, 2.24) is 4.98 Å². The summed E-state index contributed by atoms with van der Waals surface area (Å²) >= 11 is 0. The Kier molecular flexibility index (Phi) is 6.36. The number of rotatable bonds is 7. The molecule has 0 saturated carbocycles. The third kappa shape index (κ3) is 3.98. The second-order valence-electron chi connectivity index (χ2n) is 6.41. The summed E-state index contributed by atoms with van der Waals surface area (Å²) in [5.41, 5.74) is 8.83. The van der Waals surface area contributed by atoms with E-state index in [4.69, 9.17) is 29.4 Å². The van der Waals surface area contributed by atoms with E-state index in [1.54, 1.807) is 50.6 Å². The van der Waals surface area contributed by atoms with Crippen LogP contribution in [0.25, 0.3) is 22.4 Å². The van der Waals surface area contributed by atoms with Crippen LogP contribution in [-0.4, -0.2) is 40.5 Å². The monoisotopic (exact) mass is 421 g/mol. The second kappa shape index (κ2) is 9.13. The fourth-order valence-corrected chi connectivity index (χ4v) is 3.30. The molecule has 0 radical (unpaired) electrons. The maximum absolute atomic E-state index is 9.76. The minimum absolute atomic E-state index is 0.0913. The Morgan fingerprint density at radius 3 is 1.94 bits per heavy atom. The molecule has 0 atom stereocenters.